The quantitative estimate of drug-likeness (QED) is 0.608. The maximum Gasteiger partial charge on any atom is 0.119 e. The Hall–Kier alpha value is -0.690. The maximum absolute atomic E-state index is 5.42. The molecule has 1 nitrogen and oxygen atoms in total. The van der Waals surface area contributed by atoms with Crippen LogP contribution in [0.15, 0.2) is 24.3 Å². The molecule has 0 heterocycles. The molecule has 1 aromatic rings. The summed E-state index contributed by atoms with van der Waals surface area (Å²) < 4.78 is 5.19. The van der Waals surface area contributed by atoms with Crippen molar-refractivity contribution in [3.63, 3.8) is 0 Å². The van der Waals surface area contributed by atoms with Gasteiger partial charge in [-0.3, -0.25) is 0 Å². The van der Waals surface area contributed by atoms with Crippen LogP contribution in [0.25, 0.3) is 0 Å². The second-order valence-electron chi connectivity index (χ2n) is 1.78. The first-order valence-electron chi connectivity index (χ1n) is 3.08. The topological polar surface area (TPSA) is 9.23 Å². The Bertz CT molecular complexity index is 174. The van der Waals surface area contributed by atoms with Gasteiger partial charge in [0.25, 0.3) is 0 Å². The molecule has 0 aromatic heterocycles. The predicted octanol–water partition coefficient (Wildman–Crippen LogP) is 2.10. The minimum absolute atomic E-state index is 0.523. The van der Waals surface area contributed by atoms with Gasteiger partial charge in [0.05, 0.1) is 5.88 Å². The number of hydrogen-bond donors (Lipinski definition) is 0. The van der Waals surface area contributed by atoms with E-state index in [0.717, 1.165) is 5.75 Å². The minimum Gasteiger partial charge on any atom is -0.492 e. The molecule has 0 saturated carbocycles. The summed E-state index contributed by atoms with van der Waals surface area (Å²) >= 11 is 5.42. The molecule has 0 bridgehead atoms. The lowest BCUT2D eigenvalue weighted by atomic mass is 10.3. The first kappa shape index (κ1) is 7.42. The van der Waals surface area contributed by atoms with Crippen LogP contribution in [0.1, 0.15) is 0 Å². The number of rotatable bonds is 3. The Kier molecular flexibility index (Phi) is 3.10. The van der Waals surface area contributed by atoms with Crippen LogP contribution in [0.3, 0.4) is 0 Å². The smallest absolute Gasteiger partial charge is 0.119 e. The SMILES string of the molecule is ClCCOc1c[c]ccc1. The Morgan fingerprint density at radius 1 is 1.60 bits per heavy atom. The van der Waals surface area contributed by atoms with Crippen LogP contribution in [0.5, 0.6) is 5.75 Å². The van der Waals surface area contributed by atoms with Crippen molar-refractivity contribution in [3.05, 3.63) is 30.3 Å². The van der Waals surface area contributed by atoms with Gasteiger partial charge >= 0.3 is 0 Å². The zero-order valence-corrected chi connectivity index (χ0v) is 6.27. The van der Waals surface area contributed by atoms with E-state index in [4.69, 9.17) is 16.3 Å². The Labute approximate surface area is 65.6 Å². The van der Waals surface area contributed by atoms with Crippen molar-refractivity contribution in [2.45, 2.75) is 0 Å². The second-order valence-corrected chi connectivity index (χ2v) is 2.15. The molecule has 0 unspecified atom stereocenters. The number of benzene rings is 1. The molecule has 0 spiro atoms. The van der Waals surface area contributed by atoms with Crippen LogP contribution in [-0.2, 0) is 0 Å². The van der Waals surface area contributed by atoms with E-state index in [1.807, 2.05) is 18.2 Å². The van der Waals surface area contributed by atoms with Gasteiger partial charge in [0.15, 0.2) is 0 Å². The molecule has 10 heavy (non-hydrogen) atoms. The Balaban J connectivity index is 2.43. The van der Waals surface area contributed by atoms with E-state index in [0.29, 0.717) is 12.5 Å². The average Bonchev–Trinajstić information content (AvgIpc) is 2.03. The summed E-state index contributed by atoms with van der Waals surface area (Å²) in [4.78, 5) is 0. The fraction of sp³-hybridized carbons (Fsp3) is 0.250. The summed E-state index contributed by atoms with van der Waals surface area (Å²) in [7, 11) is 0. The highest BCUT2D eigenvalue weighted by Gasteiger charge is 1.87. The van der Waals surface area contributed by atoms with Crippen LogP contribution >= 0.6 is 11.6 Å². The fourth-order valence-electron chi connectivity index (χ4n) is 0.623. The van der Waals surface area contributed by atoms with Gasteiger partial charge in [-0.25, -0.2) is 0 Å². The van der Waals surface area contributed by atoms with Crippen LogP contribution < -0.4 is 4.74 Å². The van der Waals surface area contributed by atoms with E-state index in [-0.39, 0.29) is 0 Å². The molecule has 0 aliphatic carbocycles. The third-order valence-electron chi connectivity index (χ3n) is 1.02. The number of hydrogen-bond acceptors (Lipinski definition) is 1. The fourth-order valence-corrected chi connectivity index (χ4v) is 0.700. The van der Waals surface area contributed by atoms with Gasteiger partial charge in [0.1, 0.15) is 12.4 Å². The van der Waals surface area contributed by atoms with Crippen molar-refractivity contribution in [1.82, 2.24) is 0 Å². The van der Waals surface area contributed by atoms with Crippen molar-refractivity contribution in [1.29, 1.82) is 0 Å². The monoisotopic (exact) mass is 155 g/mol. The van der Waals surface area contributed by atoms with E-state index in [1.54, 1.807) is 6.07 Å². The van der Waals surface area contributed by atoms with Gasteiger partial charge in [0.2, 0.25) is 0 Å². The predicted molar refractivity (Wildman–Crippen MR) is 41.5 cm³/mol. The summed E-state index contributed by atoms with van der Waals surface area (Å²) in [6, 6.07) is 10.3. The molecule has 1 rings (SSSR count). The maximum atomic E-state index is 5.42. The second kappa shape index (κ2) is 4.18. The summed E-state index contributed by atoms with van der Waals surface area (Å²) in [6.45, 7) is 0.555. The van der Waals surface area contributed by atoms with E-state index in [1.165, 1.54) is 0 Å². The largest absolute Gasteiger partial charge is 0.492 e. The average molecular weight is 156 g/mol. The Morgan fingerprint density at radius 3 is 3.10 bits per heavy atom. The molecule has 0 fully saturated rings. The lowest BCUT2D eigenvalue weighted by Gasteiger charge is -2.00. The molecule has 0 atom stereocenters. The van der Waals surface area contributed by atoms with E-state index < -0.39 is 0 Å². The van der Waals surface area contributed by atoms with Crippen molar-refractivity contribution in [2.75, 3.05) is 12.5 Å². The highest BCUT2D eigenvalue weighted by Crippen LogP contribution is 2.06. The lowest BCUT2D eigenvalue weighted by Crippen LogP contribution is -1.96. The summed E-state index contributed by atoms with van der Waals surface area (Å²) in [5.74, 6) is 1.35. The number of halogens is 1. The van der Waals surface area contributed by atoms with Gasteiger partial charge in [0, 0.05) is 0 Å². The van der Waals surface area contributed by atoms with Crippen molar-refractivity contribution in [2.24, 2.45) is 0 Å². The molecule has 0 aliphatic heterocycles. The van der Waals surface area contributed by atoms with Gasteiger partial charge in [-0.1, -0.05) is 12.1 Å². The van der Waals surface area contributed by atoms with Crippen molar-refractivity contribution >= 4 is 11.6 Å². The molecular weight excluding hydrogens is 148 g/mol. The third-order valence-corrected chi connectivity index (χ3v) is 1.18. The molecule has 1 radical (unpaired) electrons. The molecule has 0 N–H and O–H groups in total. The summed E-state index contributed by atoms with van der Waals surface area (Å²) in [5, 5.41) is 0. The molecule has 0 amide bonds. The zero-order chi connectivity index (χ0) is 7.23. The molecule has 0 aliphatic rings. The molecule has 0 saturated heterocycles. The molecule has 1 aromatic carbocycles. The Morgan fingerprint density at radius 2 is 2.50 bits per heavy atom. The van der Waals surface area contributed by atoms with E-state index in [2.05, 4.69) is 6.07 Å². The van der Waals surface area contributed by atoms with Crippen LogP contribution in [0.4, 0.5) is 0 Å². The van der Waals surface area contributed by atoms with Crippen LogP contribution in [0.2, 0.25) is 0 Å². The van der Waals surface area contributed by atoms with Gasteiger partial charge in [-0.2, -0.15) is 0 Å². The van der Waals surface area contributed by atoms with E-state index in [9.17, 15) is 0 Å². The highest BCUT2D eigenvalue weighted by atomic mass is 35.5. The molecule has 2 heteroatoms. The number of alkyl halides is 1. The van der Waals surface area contributed by atoms with Crippen molar-refractivity contribution in [3.8, 4) is 5.75 Å². The van der Waals surface area contributed by atoms with Crippen LogP contribution in [0, 0.1) is 6.07 Å². The summed E-state index contributed by atoms with van der Waals surface area (Å²) in [5.41, 5.74) is 0. The number of ether oxygens (including phenoxy) is 1. The van der Waals surface area contributed by atoms with Gasteiger partial charge in [-0.05, 0) is 18.2 Å². The standard InChI is InChI=1S/C8H8ClO/c9-6-7-10-8-4-2-1-3-5-8/h1-2,4-5H,6-7H2. The third kappa shape index (κ3) is 2.28. The minimum atomic E-state index is 0.523. The first-order chi connectivity index (χ1) is 4.93. The molecule has 53 valence electrons. The molecular formula is C8H8ClO. The van der Waals surface area contributed by atoms with Gasteiger partial charge < -0.3 is 4.74 Å². The van der Waals surface area contributed by atoms with Crippen LogP contribution in [-0.4, -0.2) is 12.5 Å². The first-order valence-corrected chi connectivity index (χ1v) is 3.62. The van der Waals surface area contributed by atoms with E-state index >= 15 is 0 Å². The van der Waals surface area contributed by atoms with Gasteiger partial charge in [-0.15, -0.1) is 11.6 Å². The normalized spacial score (nSPS) is 9.30. The lowest BCUT2D eigenvalue weighted by molar-refractivity contribution is 0.342. The van der Waals surface area contributed by atoms with Crippen molar-refractivity contribution < 1.29 is 4.74 Å². The zero-order valence-electron chi connectivity index (χ0n) is 5.51. The summed E-state index contributed by atoms with van der Waals surface area (Å²) in [6.07, 6.45) is 0. The highest BCUT2D eigenvalue weighted by molar-refractivity contribution is 6.17.